The fraction of sp³-hybridized carbons (Fsp3) is 0.571. The molecular formula is C14H22N2O3. The lowest BCUT2D eigenvalue weighted by molar-refractivity contribution is 0.0697. The number of rotatable bonds is 7. The van der Waals surface area contributed by atoms with Crippen LogP contribution in [0.15, 0.2) is 6.07 Å². The molecule has 5 nitrogen and oxygen atoms in total. The molecule has 0 saturated heterocycles. The first-order valence-electron chi connectivity index (χ1n) is 6.52. The summed E-state index contributed by atoms with van der Waals surface area (Å²) >= 11 is 0. The molecule has 0 aromatic carbocycles. The molecule has 3 N–H and O–H groups in total. The third-order valence-electron chi connectivity index (χ3n) is 3.04. The van der Waals surface area contributed by atoms with Crippen molar-refractivity contribution in [3.63, 3.8) is 0 Å². The van der Waals surface area contributed by atoms with Crippen LogP contribution in [0.5, 0.6) is 0 Å². The van der Waals surface area contributed by atoms with Crippen molar-refractivity contribution in [2.45, 2.75) is 33.6 Å². The molecule has 0 aliphatic rings. The maximum Gasteiger partial charge on any atom is 0.339 e. The molecule has 19 heavy (non-hydrogen) atoms. The highest BCUT2D eigenvalue weighted by atomic mass is 16.4. The van der Waals surface area contributed by atoms with Crippen molar-refractivity contribution < 1.29 is 15.0 Å². The Morgan fingerprint density at radius 1 is 1.47 bits per heavy atom. The number of aromatic carboxylic acids is 1. The first-order chi connectivity index (χ1) is 8.95. The van der Waals surface area contributed by atoms with Crippen LogP contribution < -0.4 is 5.32 Å². The van der Waals surface area contributed by atoms with Gasteiger partial charge in [-0.05, 0) is 44.2 Å². The Balaban J connectivity index is 2.69. The number of nitrogens with zero attached hydrogens (tertiary/aromatic N) is 1. The third-order valence-corrected chi connectivity index (χ3v) is 3.04. The molecule has 1 atom stereocenters. The minimum absolute atomic E-state index is 0.183. The second kappa shape index (κ2) is 7.09. The number of carboxylic acids is 1. The van der Waals surface area contributed by atoms with Gasteiger partial charge < -0.3 is 15.5 Å². The van der Waals surface area contributed by atoms with Crippen LogP contribution in [0, 0.1) is 19.8 Å². The zero-order chi connectivity index (χ0) is 14.4. The summed E-state index contributed by atoms with van der Waals surface area (Å²) in [5, 5.41) is 21.2. The highest BCUT2D eigenvalue weighted by Crippen LogP contribution is 2.19. The van der Waals surface area contributed by atoms with Gasteiger partial charge in [0.2, 0.25) is 0 Å². The van der Waals surface area contributed by atoms with E-state index in [-0.39, 0.29) is 18.1 Å². The zero-order valence-electron chi connectivity index (χ0n) is 11.7. The van der Waals surface area contributed by atoms with Gasteiger partial charge >= 0.3 is 5.97 Å². The van der Waals surface area contributed by atoms with Gasteiger partial charge in [-0.2, -0.15) is 0 Å². The van der Waals surface area contributed by atoms with Crippen LogP contribution in [-0.2, 0) is 0 Å². The number of carbonyl (C=O) groups is 1. The normalized spacial score (nSPS) is 12.2. The molecule has 0 aliphatic heterocycles. The summed E-state index contributed by atoms with van der Waals surface area (Å²) < 4.78 is 0. The van der Waals surface area contributed by atoms with Gasteiger partial charge in [-0.1, -0.05) is 6.92 Å². The van der Waals surface area contributed by atoms with Gasteiger partial charge in [-0.3, -0.25) is 0 Å². The molecule has 1 aromatic heterocycles. The largest absolute Gasteiger partial charge is 0.478 e. The molecule has 0 spiro atoms. The molecule has 0 radical (unpaired) electrons. The van der Waals surface area contributed by atoms with Gasteiger partial charge in [0.25, 0.3) is 0 Å². The Kier molecular flexibility index (Phi) is 5.76. The molecule has 1 aromatic rings. The van der Waals surface area contributed by atoms with E-state index in [1.54, 1.807) is 13.0 Å². The standard InChI is InChI=1S/C14H22N2O3/c1-9(8-17)5-4-6-15-13-12(14(18)19)10(2)7-11(3)16-13/h7,9,17H,4-6,8H2,1-3H3,(H,15,16)(H,18,19). The number of aryl methyl sites for hydroxylation is 2. The molecule has 0 saturated carbocycles. The van der Waals surface area contributed by atoms with Crippen molar-refractivity contribution in [1.29, 1.82) is 0 Å². The minimum Gasteiger partial charge on any atom is -0.478 e. The van der Waals surface area contributed by atoms with Crippen molar-refractivity contribution in [1.82, 2.24) is 4.98 Å². The van der Waals surface area contributed by atoms with Gasteiger partial charge in [0.1, 0.15) is 11.4 Å². The molecule has 1 rings (SSSR count). The zero-order valence-corrected chi connectivity index (χ0v) is 11.7. The van der Waals surface area contributed by atoms with E-state index in [9.17, 15) is 9.90 Å². The Hall–Kier alpha value is -1.62. The van der Waals surface area contributed by atoms with Gasteiger partial charge in [-0.25, -0.2) is 9.78 Å². The lowest BCUT2D eigenvalue weighted by atomic mass is 10.1. The highest BCUT2D eigenvalue weighted by Gasteiger charge is 2.15. The monoisotopic (exact) mass is 266 g/mol. The van der Waals surface area contributed by atoms with Crippen LogP contribution in [0.4, 0.5) is 5.82 Å². The summed E-state index contributed by atoms with van der Waals surface area (Å²) in [5.74, 6) is -0.258. The number of carboxylic acid groups (broad SMARTS) is 1. The van der Waals surface area contributed by atoms with E-state index < -0.39 is 5.97 Å². The average molecular weight is 266 g/mol. The number of hydrogen-bond acceptors (Lipinski definition) is 4. The fourth-order valence-electron chi connectivity index (χ4n) is 1.98. The first-order valence-corrected chi connectivity index (χ1v) is 6.52. The number of pyridine rings is 1. The summed E-state index contributed by atoms with van der Waals surface area (Å²) in [6.07, 6.45) is 1.77. The van der Waals surface area contributed by atoms with E-state index in [1.807, 2.05) is 13.8 Å². The summed E-state index contributed by atoms with van der Waals surface area (Å²) in [5.41, 5.74) is 1.75. The molecule has 0 amide bonds. The molecular weight excluding hydrogens is 244 g/mol. The van der Waals surface area contributed by atoms with E-state index in [4.69, 9.17) is 5.11 Å². The van der Waals surface area contributed by atoms with Gasteiger partial charge in [0.05, 0.1) is 0 Å². The predicted molar refractivity (Wildman–Crippen MR) is 74.6 cm³/mol. The first kappa shape index (κ1) is 15.4. The van der Waals surface area contributed by atoms with Crippen LogP contribution in [0.2, 0.25) is 0 Å². The van der Waals surface area contributed by atoms with Gasteiger partial charge in [-0.15, -0.1) is 0 Å². The lowest BCUT2D eigenvalue weighted by Crippen LogP contribution is -2.13. The SMILES string of the molecule is Cc1cc(C)c(C(=O)O)c(NCCCC(C)CO)n1. The Labute approximate surface area is 113 Å². The van der Waals surface area contributed by atoms with E-state index in [0.717, 1.165) is 18.5 Å². The number of nitrogens with one attached hydrogen (secondary N) is 1. The second-order valence-corrected chi connectivity index (χ2v) is 4.97. The van der Waals surface area contributed by atoms with Crippen molar-refractivity contribution >= 4 is 11.8 Å². The van der Waals surface area contributed by atoms with Crippen molar-refractivity contribution in [3.8, 4) is 0 Å². The molecule has 0 bridgehead atoms. The predicted octanol–water partition coefficient (Wildman–Crippen LogP) is 2.22. The molecule has 0 fully saturated rings. The Bertz CT molecular complexity index is 447. The van der Waals surface area contributed by atoms with Crippen LogP contribution in [0.1, 0.15) is 41.4 Å². The van der Waals surface area contributed by atoms with E-state index in [2.05, 4.69) is 10.3 Å². The number of aliphatic hydroxyl groups is 1. The van der Waals surface area contributed by atoms with Crippen LogP contribution in [0.25, 0.3) is 0 Å². The molecule has 106 valence electrons. The van der Waals surface area contributed by atoms with E-state index >= 15 is 0 Å². The topological polar surface area (TPSA) is 82.5 Å². The molecule has 1 heterocycles. The molecule has 5 heteroatoms. The van der Waals surface area contributed by atoms with E-state index in [0.29, 0.717) is 17.9 Å². The summed E-state index contributed by atoms with van der Waals surface area (Å²) in [6.45, 7) is 6.44. The smallest absolute Gasteiger partial charge is 0.339 e. The molecule has 1 unspecified atom stereocenters. The number of hydrogen-bond donors (Lipinski definition) is 3. The maximum atomic E-state index is 11.2. The minimum atomic E-state index is -0.962. The van der Waals surface area contributed by atoms with Crippen molar-refractivity contribution in [2.75, 3.05) is 18.5 Å². The second-order valence-electron chi connectivity index (χ2n) is 4.97. The van der Waals surface area contributed by atoms with Crippen LogP contribution in [-0.4, -0.2) is 34.3 Å². The number of aromatic nitrogens is 1. The van der Waals surface area contributed by atoms with Crippen molar-refractivity contribution in [3.05, 3.63) is 22.9 Å². The summed E-state index contributed by atoms with van der Waals surface area (Å²) in [6, 6.07) is 1.77. The lowest BCUT2D eigenvalue weighted by Gasteiger charge is -2.13. The van der Waals surface area contributed by atoms with Crippen LogP contribution in [0.3, 0.4) is 0 Å². The van der Waals surface area contributed by atoms with Crippen LogP contribution >= 0.6 is 0 Å². The maximum absolute atomic E-state index is 11.2. The average Bonchev–Trinajstić information content (AvgIpc) is 2.32. The number of aliphatic hydroxyl groups excluding tert-OH is 1. The molecule has 0 aliphatic carbocycles. The van der Waals surface area contributed by atoms with E-state index in [1.165, 1.54) is 0 Å². The quantitative estimate of drug-likeness (QED) is 0.659. The van der Waals surface area contributed by atoms with Gasteiger partial charge in [0.15, 0.2) is 0 Å². The van der Waals surface area contributed by atoms with Gasteiger partial charge in [0, 0.05) is 18.8 Å². The summed E-state index contributed by atoms with van der Waals surface area (Å²) in [4.78, 5) is 15.5. The highest BCUT2D eigenvalue weighted by molar-refractivity contribution is 5.94. The van der Waals surface area contributed by atoms with Crippen molar-refractivity contribution in [2.24, 2.45) is 5.92 Å². The fourth-order valence-corrected chi connectivity index (χ4v) is 1.98. The Morgan fingerprint density at radius 2 is 2.16 bits per heavy atom. The number of anilines is 1. The Morgan fingerprint density at radius 3 is 2.74 bits per heavy atom. The summed E-state index contributed by atoms with van der Waals surface area (Å²) in [7, 11) is 0. The third kappa shape index (κ3) is 4.52.